The summed E-state index contributed by atoms with van der Waals surface area (Å²) in [6, 6.07) is -0.491. The Morgan fingerprint density at radius 3 is 2.17 bits per heavy atom. The molecule has 2 saturated heterocycles. The number of hydrogen-bond acceptors (Lipinski definition) is 4. The molecular formula is C17H28N2O5. The Hall–Kier alpha value is -1.79. The number of nitrogens with zero attached hydrogens (tertiary/aromatic N) is 2. The Kier molecular flexibility index (Phi) is 5.72. The van der Waals surface area contributed by atoms with Crippen molar-refractivity contribution < 1.29 is 24.2 Å². The van der Waals surface area contributed by atoms with Crippen molar-refractivity contribution in [1.82, 2.24) is 9.80 Å². The third-order valence-electron chi connectivity index (χ3n) is 4.57. The average molecular weight is 340 g/mol. The molecule has 1 N–H and O–H groups in total. The van der Waals surface area contributed by atoms with Gasteiger partial charge in [0.15, 0.2) is 0 Å². The largest absolute Gasteiger partial charge is 0.481 e. The number of amides is 2. The molecule has 0 aromatic carbocycles. The monoisotopic (exact) mass is 340 g/mol. The van der Waals surface area contributed by atoms with Crippen molar-refractivity contribution in [2.24, 2.45) is 5.92 Å². The van der Waals surface area contributed by atoms with Gasteiger partial charge in [0.1, 0.15) is 11.6 Å². The third-order valence-corrected chi connectivity index (χ3v) is 4.57. The number of aliphatic carboxylic acids is 1. The van der Waals surface area contributed by atoms with Crippen LogP contribution in [0.25, 0.3) is 0 Å². The van der Waals surface area contributed by atoms with Gasteiger partial charge >= 0.3 is 12.1 Å². The lowest BCUT2D eigenvalue weighted by molar-refractivity contribution is -0.147. The highest BCUT2D eigenvalue weighted by Crippen LogP contribution is 2.24. The number of hydrogen-bond donors (Lipinski definition) is 1. The summed E-state index contributed by atoms with van der Waals surface area (Å²) in [5.74, 6) is -1.25. The Bertz CT molecular complexity index is 492. The first-order valence-corrected chi connectivity index (χ1v) is 8.70. The molecule has 2 aliphatic rings. The molecule has 2 aliphatic heterocycles. The van der Waals surface area contributed by atoms with Crippen LogP contribution in [0.4, 0.5) is 4.79 Å². The van der Waals surface area contributed by atoms with E-state index in [1.165, 1.54) is 0 Å². The van der Waals surface area contributed by atoms with Crippen molar-refractivity contribution in [2.75, 3.05) is 19.6 Å². The molecule has 2 amide bonds. The first-order valence-electron chi connectivity index (χ1n) is 8.70. The van der Waals surface area contributed by atoms with Crippen molar-refractivity contribution in [2.45, 2.75) is 64.5 Å². The van der Waals surface area contributed by atoms with E-state index in [0.717, 1.165) is 12.8 Å². The molecule has 1 atom stereocenters. The van der Waals surface area contributed by atoms with E-state index < -0.39 is 23.7 Å². The lowest BCUT2D eigenvalue weighted by atomic mass is 9.95. The molecule has 24 heavy (non-hydrogen) atoms. The first kappa shape index (κ1) is 18.5. The smallest absolute Gasteiger partial charge is 0.410 e. The molecule has 0 aliphatic carbocycles. The van der Waals surface area contributed by atoms with Crippen LogP contribution in [0.1, 0.15) is 52.9 Å². The molecule has 0 aromatic heterocycles. The van der Waals surface area contributed by atoms with Crippen LogP contribution in [-0.4, -0.2) is 64.2 Å². The lowest BCUT2D eigenvalue weighted by Crippen LogP contribution is -2.55. The van der Waals surface area contributed by atoms with Crippen LogP contribution in [0.2, 0.25) is 0 Å². The molecule has 0 saturated carbocycles. The number of piperidine rings is 2. The summed E-state index contributed by atoms with van der Waals surface area (Å²) in [6.07, 6.45) is 2.91. The van der Waals surface area contributed by atoms with E-state index in [9.17, 15) is 14.4 Å². The summed E-state index contributed by atoms with van der Waals surface area (Å²) in [7, 11) is 0. The van der Waals surface area contributed by atoms with Gasteiger partial charge in [-0.15, -0.1) is 0 Å². The standard InChI is InChI=1S/C17H28N2O5/c1-17(2,3)24-16(23)19-9-5-4-6-13(19)14(20)18-10-7-12(8-11-18)15(21)22/h12-13H,4-11H2,1-3H3,(H,21,22). The summed E-state index contributed by atoms with van der Waals surface area (Å²) in [5.41, 5.74) is -0.595. The summed E-state index contributed by atoms with van der Waals surface area (Å²) < 4.78 is 5.43. The van der Waals surface area contributed by atoms with Crippen LogP contribution in [0, 0.1) is 5.92 Å². The summed E-state index contributed by atoms with van der Waals surface area (Å²) in [6.45, 7) is 6.83. The van der Waals surface area contributed by atoms with E-state index >= 15 is 0 Å². The molecule has 7 nitrogen and oxygen atoms in total. The van der Waals surface area contributed by atoms with Crippen LogP contribution in [0.5, 0.6) is 0 Å². The molecule has 136 valence electrons. The maximum Gasteiger partial charge on any atom is 0.410 e. The number of rotatable bonds is 2. The first-order chi connectivity index (χ1) is 11.2. The van der Waals surface area contributed by atoms with Gasteiger partial charge < -0.3 is 14.7 Å². The van der Waals surface area contributed by atoms with E-state index in [0.29, 0.717) is 38.9 Å². The van der Waals surface area contributed by atoms with Crippen LogP contribution < -0.4 is 0 Å². The maximum absolute atomic E-state index is 12.8. The minimum Gasteiger partial charge on any atom is -0.481 e. The van der Waals surface area contributed by atoms with Crippen LogP contribution in [-0.2, 0) is 14.3 Å². The number of ether oxygens (including phenoxy) is 1. The second-order valence-corrected chi connectivity index (χ2v) is 7.62. The minimum absolute atomic E-state index is 0.0793. The zero-order valence-electron chi connectivity index (χ0n) is 14.8. The van der Waals surface area contributed by atoms with Gasteiger partial charge in [-0.3, -0.25) is 14.5 Å². The second-order valence-electron chi connectivity index (χ2n) is 7.62. The fraction of sp³-hybridized carbons (Fsp3) is 0.824. The van der Waals surface area contributed by atoms with Crippen LogP contribution in [0.15, 0.2) is 0 Å². The van der Waals surface area contributed by atoms with Gasteiger partial charge in [-0.05, 0) is 52.9 Å². The highest BCUT2D eigenvalue weighted by molar-refractivity contribution is 5.86. The van der Waals surface area contributed by atoms with Crippen molar-refractivity contribution in [3.63, 3.8) is 0 Å². The number of carboxylic acid groups (broad SMARTS) is 1. The van der Waals surface area contributed by atoms with Gasteiger partial charge in [-0.25, -0.2) is 4.79 Å². The summed E-state index contributed by atoms with van der Waals surface area (Å²) >= 11 is 0. The maximum atomic E-state index is 12.8. The minimum atomic E-state index is -0.796. The van der Waals surface area contributed by atoms with Crippen molar-refractivity contribution in [3.05, 3.63) is 0 Å². The van der Waals surface area contributed by atoms with Gasteiger partial charge in [0.25, 0.3) is 0 Å². The molecule has 2 rings (SSSR count). The van der Waals surface area contributed by atoms with Gasteiger partial charge in [-0.1, -0.05) is 0 Å². The van der Waals surface area contributed by atoms with Crippen molar-refractivity contribution in [3.8, 4) is 0 Å². The molecule has 0 aromatic rings. The number of likely N-dealkylation sites (tertiary alicyclic amines) is 2. The highest BCUT2D eigenvalue weighted by atomic mass is 16.6. The number of carbonyl (C=O) groups excluding carboxylic acids is 2. The van der Waals surface area contributed by atoms with Gasteiger partial charge in [0, 0.05) is 19.6 Å². The second kappa shape index (κ2) is 7.40. The van der Waals surface area contributed by atoms with Crippen molar-refractivity contribution in [1.29, 1.82) is 0 Å². The predicted octanol–water partition coefficient (Wildman–Crippen LogP) is 2.10. The molecule has 1 unspecified atom stereocenters. The highest BCUT2D eigenvalue weighted by Gasteiger charge is 2.38. The Morgan fingerprint density at radius 2 is 1.62 bits per heavy atom. The molecule has 0 bridgehead atoms. The fourth-order valence-electron chi connectivity index (χ4n) is 3.28. The zero-order valence-corrected chi connectivity index (χ0v) is 14.8. The summed E-state index contributed by atoms with van der Waals surface area (Å²) in [5, 5.41) is 9.06. The zero-order chi connectivity index (χ0) is 17.9. The van der Waals surface area contributed by atoms with Crippen molar-refractivity contribution >= 4 is 18.0 Å². The van der Waals surface area contributed by atoms with Crippen LogP contribution >= 0.6 is 0 Å². The summed E-state index contributed by atoms with van der Waals surface area (Å²) in [4.78, 5) is 39.5. The van der Waals surface area contributed by atoms with E-state index in [1.807, 2.05) is 20.8 Å². The number of carboxylic acids is 1. The van der Waals surface area contributed by atoms with E-state index in [1.54, 1.807) is 9.80 Å². The molecule has 2 heterocycles. The Balaban J connectivity index is 2.00. The molecule has 0 spiro atoms. The van der Waals surface area contributed by atoms with Gasteiger partial charge in [0.2, 0.25) is 5.91 Å². The van der Waals surface area contributed by atoms with E-state index in [4.69, 9.17) is 9.84 Å². The fourth-order valence-corrected chi connectivity index (χ4v) is 3.28. The molecule has 2 fully saturated rings. The lowest BCUT2D eigenvalue weighted by Gasteiger charge is -2.39. The topological polar surface area (TPSA) is 87.2 Å². The molecular weight excluding hydrogens is 312 g/mol. The molecule has 7 heteroatoms. The third kappa shape index (κ3) is 4.61. The quantitative estimate of drug-likeness (QED) is 0.832. The van der Waals surface area contributed by atoms with E-state index in [-0.39, 0.29) is 11.8 Å². The Labute approximate surface area is 142 Å². The average Bonchev–Trinajstić information content (AvgIpc) is 2.52. The van der Waals surface area contributed by atoms with Gasteiger partial charge in [-0.2, -0.15) is 0 Å². The molecule has 0 radical (unpaired) electrons. The Morgan fingerprint density at radius 1 is 1.00 bits per heavy atom. The van der Waals surface area contributed by atoms with Crippen LogP contribution in [0.3, 0.4) is 0 Å². The normalized spacial score (nSPS) is 23.0. The van der Waals surface area contributed by atoms with Gasteiger partial charge in [0.05, 0.1) is 5.92 Å². The number of carbonyl (C=O) groups is 3. The predicted molar refractivity (Wildman–Crippen MR) is 87.5 cm³/mol. The SMILES string of the molecule is CC(C)(C)OC(=O)N1CCCCC1C(=O)N1CCC(C(=O)O)CC1. The van der Waals surface area contributed by atoms with E-state index in [2.05, 4.69) is 0 Å².